The number of hydrogen-bond donors (Lipinski definition) is 1. The zero-order chi connectivity index (χ0) is 13.7. The monoisotopic (exact) mass is 266 g/mol. The Kier molecular flexibility index (Phi) is 4.64. The summed E-state index contributed by atoms with van der Waals surface area (Å²) in [7, 11) is 1.92. The van der Waals surface area contributed by atoms with Gasteiger partial charge in [0.25, 0.3) is 0 Å². The molecule has 104 valence electrons. The predicted octanol–water partition coefficient (Wildman–Crippen LogP) is -0.0568. The summed E-state index contributed by atoms with van der Waals surface area (Å²) in [5.74, 6) is -0.381. The van der Waals surface area contributed by atoms with Gasteiger partial charge >= 0.3 is 5.97 Å². The molecule has 0 spiro atoms. The van der Waals surface area contributed by atoms with Gasteiger partial charge in [-0.25, -0.2) is 14.8 Å². The van der Waals surface area contributed by atoms with E-state index in [2.05, 4.69) is 14.9 Å². The van der Waals surface area contributed by atoms with E-state index in [9.17, 15) is 4.79 Å². The number of carboxylic acid groups (broad SMARTS) is 1. The van der Waals surface area contributed by atoms with Crippen molar-refractivity contribution in [2.75, 3.05) is 51.3 Å². The van der Waals surface area contributed by atoms with E-state index in [-0.39, 0.29) is 5.69 Å². The van der Waals surface area contributed by atoms with Crippen LogP contribution < -0.4 is 4.90 Å². The number of nitrogens with zero attached hydrogens (tertiary/aromatic N) is 4. The van der Waals surface area contributed by atoms with Crippen LogP contribution in [0.4, 0.5) is 5.82 Å². The third kappa shape index (κ3) is 3.87. The van der Waals surface area contributed by atoms with Crippen molar-refractivity contribution in [1.82, 2.24) is 14.9 Å². The summed E-state index contributed by atoms with van der Waals surface area (Å²) in [4.78, 5) is 22.9. The average Bonchev–Trinajstić information content (AvgIpc) is 2.46. The van der Waals surface area contributed by atoms with Crippen molar-refractivity contribution in [2.45, 2.75) is 0 Å². The smallest absolute Gasteiger partial charge is 0.356 e. The number of hydrogen-bond acceptors (Lipinski definition) is 6. The Hall–Kier alpha value is -1.73. The first-order chi connectivity index (χ1) is 9.16. The summed E-state index contributed by atoms with van der Waals surface area (Å²) in [6.07, 6.45) is 2.77. The molecule has 0 bridgehead atoms. The van der Waals surface area contributed by atoms with Crippen molar-refractivity contribution in [1.29, 1.82) is 0 Å². The maximum absolute atomic E-state index is 10.7. The molecule has 7 nitrogen and oxygen atoms in total. The second kappa shape index (κ2) is 6.44. The number of aromatic carboxylic acids is 1. The van der Waals surface area contributed by atoms with Crippen LogP contribution in [0, 0.1) is 0 Å². The fourth-order valence-corrected chi connectivity index (χ4v) is 1.86. The Morgan fingerprint density at radius 1 is 1.42 bits per heavy atom. The Bertz CT molecular complexity index is 417. The molecule has 7 heteroatoms. The molecule has 0 unspecified atom stereocenters. The van der Waals surface area contributed by atoms with Crippen LogP contribution in [0.3, 0.4) is 0 Å². The van der Waals surface area contributed by atoms with Crippen LogP contribution in [0.5, 0.6) is 0 Å². The number of carbonyl (C=O) groups is 1. The van der Waals surface area contributed by atoms with Crippen LogP contribution in [0.15, 0.2) is 12.4 Å². The van der Waals surface area contributed by atoms with Gasteiger partial charge in [-0.3, -0.25) is 4.90 Å². The molecule has 1 aromatic heterocycles. The van der Waals surface area contributed by atoms with Crippen molar-refractivity contribution in [2.24, 2.45) is 0 Å². The number of anilines is 1. The quantitative estimate of drug-likeness (QED) is 0.800. The third-order valence-corrected chi connectivity index (χ3v) is 3.10. The highest BCUT2D eigenvalue weighted by molar-refractivity contribution is 5.84. The van der Waals surface area contributed by atoms with E-state index in [0.29, 0.717) is 5.82 Å². The summed E-state index contributed by atoms with van der Waals surface area (Å²) in [5, 5.41) is 8.75. The van der Waals surface area contributed by atoms with Crippen molar-refractivity contribution in [3.63, 3.8) is 0 Å². The van der Waals surface area contributed by atoms with Gasteiger partial charge in [0.05, 0.1) is 25.6 Å². The van der Waals surface area contributed by atoms with E-state index in [1.165, 1.54) is 12.4 Å². The molecular formula is C12H18N4O3. The number of carboxylic acids is 1. The van der Waals surface area contributed by atoms with Crippen molar-refractivity contribution >= 4 is 11.8 Å². The molecule has 0 aromatic carbocycles. The van der Waals surface area contributed by atoms with Gasteiger partial charge < -0.3 is 14.7 Å². The zero-order valence-corrected chi connectivity index (χ0v) is 10.9. The Labute approximate surface area is 111 Å². The Balaban J connectivity index is 1.84. The lowest BCUT2D eigenvalue weighted by Crippen LogP contribution is -2.40. The molecule has 0 saturated carbocycles. The van der Waals surface area contributed by atoms with Crippen LogP contribution >= 0.6 is 0 Å². The third-order valence-electron chi connectivity index (χ3n) is 3.10. The SMILES string of the molecule is CN(CCN1CCOCC1)c1cnc(C(=O)O)cn1. The topological polar surface area (TPSA) is 78.8 Å². The van der Waals surface area contributed by atoms with Gasteiger partial charge in [0.15, 0.2) is 5.69 Å². The second-order valence-electron chi connectivity index (χ2n) is 4.44. The lowest BCUT2D eigenvalue weighted by Gasteiger charge is -2.28. The minimum Gasteiger partial charge on any atom is -0.476 e. The summed E-state index contributed by atoms with van der Waals surface area (Å²) in [5.41, 5.74) is -0.0367. The van der Waals surface area contributed by atoms with Crippen LogP contribution in [0.25, 0.3) is 0 Å². The first kappa shape index (κ1) is 13.7. The van der Waals surface area contributed by atoms with Gasteiger partial charge in [0.1, 0.15) is 5.82 Å². The van der Waals surface area contributed by atoms with Crippen molar-refractivity contribution in [3.8, 4) is 0 Å². The van der Waals surface area contributed by atoms with Crippen molar-refractivity contribution in [3.05, 3.63) is 18.1 Å². The Morgan fingerprint density at radius 2 is 2.16 bits per heavy atom. The van der Waals surface area contributed by atoms with E-state index in [1.54, 1.807) is 0 Å². The molecule has 19 heavy (non-hydrogen) atoms. The van der Waals surface area contributed by atoms with Crippen LogP contribution in [0.2, 0.25) is 0 Å². The molecule has 0 amide bonds. The van der Waals surface area contributed by atoms with Gasteiger partial charge in [-0.05, 0) is 0 Å². The van der Waals surface area contributed by atoms with E-state index >= 15 is 0 Å². The van der Waals surface area contributed by atoms with E-state index in [1.807, 2.05) is 11.9 Å². The first-order valence-corrected chi connectivity index (χ1v) is 6.23. The van der Waals surface area contributed by atoms with Crippen LogP contribution in [0.1, 0.15) is 10.5 Å². The number of morpholine rings is 1. The minimum atomic E-state index is -1.06. The molecule has 0 atom stereocenters. The second-order valence-corrected chi connectivity index (χ2v) is 4.44. The molecule has 1 aromatic rings. The average molecular weight is 266 g/mol. The van der Waals surface area contributed by atoms with Gasteiger partial charge in [-0.15, -0.1) is 0 Å². The fourth-order valence-electron chi connectivity index (χ4n) is 1.86. The molecule has 1 aliphatic heterocycles. The van der Waals surface area contributed by atoms with Crippen molar-refractivity contribution < 1.29 is 14.6 Å². The van der Waals surface area contributed by atoms with Crippen LogP contribution in [-0.2, 0) is 4.74 Å². The molecule has 2 heterocycles. The van der Waals surface area contributed by atoms with E-state index < -0.39 is 5.97 Å². The highest BCUT2D eigenvalue weighted by atomic mass is 16.5. The molecule has 1 N–H and O–H groups in total. The standard InChI is InChI=1S/C12H18N4O3/c1-15(2-3-16-4-6-19-7-5-16)11-9-13-10(8-14-11)12(17)18/h8-9H,2-7H2,1H3,(H,17,18). The lowest BCUT2D eigenvalue weighted by atomic mass is 10.4. The first-order valence-electron chi connectivity index (χ1n) is 6.23. The molecule has 1 fully saturated rings. The van der Waals surface area contributed by atoms with E-state index in [0.717, 1.165) is 39.4 Å². The largest absolute Gasteiger partial charge is 0.476 e. The maximum Gasteiger partial charge on any atom is 0.356 e. The normalized spacial score (nSPS) is 16.3. The number of ether oxygens (including phenoxy) is 1. The molecule has 0 radical (unpaired) electrons. The lowest BCUT2D eigenvalue weighted by molar-refractivity contribution is 0.0392. The number of aromatic nitrogens is 2. The summed E-state index contributed by atoms with van der Waals surface area (Å²) in [6.45, 7) is 5.24. The molecule has 2 rings (SSSR count). The Morgan fingerprint density at radius 3 is 2.74 bits per heavy atom. The zero-order valence-electron chi connectivity index (χ0n) is 10.9. The minimum absolute atomic E-state index is 0.0367. The van der Waals surface area contributed by atoms with Gasteiger partial charge in [-0.2, -0.15) is 0 Å². The number of likely N-dealkylation sites (N-methyl/N-ethyl adjacent to an activating group) is 1. The molecule has 1 aliphatic rings. The van der Waals surface area contributed by atoms with Crippen LogP contribution in [-0.4, -0.2) is 72.4 Å². The molecule has 0 aliphatic carbocycles. The summed E-state index contributed by atoms with van der Waals surface area (Å²) >= 11 is 0. The van der Waals surface area contributed by atoms with Gasteiger partial charge in [0.2, 0.25) is 0 Å². The van der Waals surface area contributed by atoms with Gasteiger partial charge in [0, 0.05) is 33.2 Å². The predicted molar refractivity (Wildman–Crippen MR) is 69.5 cm³/mol. The maximum atomic E-state index is 10.7. The molecule has 1 saturated heterocycles. The fraction of sp³-hybridized carbons (Fsp3) is 0.583. The molecular weight excluding hydrogens is 248 g/mol. The number of rotatable bonds is 5. The highest BCUT2D eigenvalue weighted by Gasteiger charge is 2.12. The van der Waals surface area contributed by atoms with Gasteiger partial charge in [-0.1, -0.05) is 0 Å². The summed E-state index contributed by atoms with van der Waals surface area (Å²) < 4.78 is 5.29. The summed E-state index contributed by atoms with van der Waals surface area (Å²) in [6, 6.07) is 0. The van der Waals surface area contributed by atoms with E-state index in [4.69, 9.17) is 9.84 Å². The highest BCUT2D eigenvalue weighted by Crippen LogP contribution is 2.07.